The van der Waals surface area contributed by atoms with Gasteiger partial charge >= 0.3 is 0 Å². The maximum atomic E-state index is 7.23. The van der Waals surface area contributed by atoms with E-state index in [1.54, 1.807) is 0 Å². The van der Waals surface area contributed by atoms with E-state index in [1.807, 2.05) is 0 Å². The summed E-state index contributed by atoms with van der Waals surface area (Å²) in [7, 11) is 0. The van der Waals surface area contributed by atoms with Crippen molar-refractivity contribution in [2.45, 2.75) is 123 Å². The normalized spacial score (nSPS) is 20.5. The lowest BCUT2D eigenvalue weighted by atomic mass is 9.74. The number of para-hydroxylation sites is 2. The van der Waals surface area contributed by atoms with Crippen LogP contribution in [-0.4, -0.2) is 13.1 Å². The molecular formula is C43H57ClN2. The molecule has 0 saturated heterocycles. The van der Waals surface area contributed by atoms with Crippen LogP contribution in [0.15, 0.2) is 106 Å². The summed E-state index contributed by atoms with van der Waals surface area (Å²) in [6.07, 6.45) is 25.1. The molecule has 2 heterocycles. The zero-order chi connectivity index (χ0) is 32.7. The van der Waals surface area contributed by atoms with Gasteiger partial charge < -0.3 is 9.80 Å². The Morgan fingerprint density at radius 3 is 2.02 bits per heavy atom. The van der Waals surface area contributed by atoms with Crippen LogP contribution in [0.5, 0.6) is 0 Å². The molecule has 0 atom stereocenters. The fraction of sp³-hybridized carbons (Fsp3) is 0.488. The molecule has 2 aromatic rings. The van der Waals surface area contributed by atoms with E-state index in [4.69, 9.17) is 11.6 Å². The SMILES string of the molecule is CCCCCCN1C=C(/C=C/C2=C(Cl)C(=C/C=C3/N(CCCCCC)c4ccccc4C3(C)C)/CCC2)C(C)(C)c2ccccc21. The number of allylic oxidation sites excluding steroid dienone is 9. The van der Waals surface area contributed by atoms with E-state index in [2.05, 4.69) is 130 Å². The van der Waals surface area contributed by atoms with Crippen LogP contribution in [0.3, 0.4) is 0 Å². The second kappa shape index (κ2) is 15.3. The lowest BCUT2D eigenvalue weighted by Gasteiger charge is -2.39. The first-order chi connectivity index (χ1) is 22.2. The van der Waals surface area contributed by atoms with Gasteiger partial charge in [0.25, 0.3) is 0 Å². The van der Waals surface area contributed by atoms with Gasteiger partial charge in [-0.25, -0.2) is 0 Å². The quantitative estimate of drug-likeness (QED) is 0.202. The first kappa shape index (κ1) is 34.4. The van der Waals surface area contributed by atoms with Crippen molar-refractivity contribution in [3.8, 4) is 0 Å². The first-order valence-corrected chi connectivity index (χ1v) is 18.5. The van der Waals surface area contributed by atoms with E-state index in [9.17, 15) is 0 Å². The fourth-order valence-corrected chi connectivity index (χ4v) is 7.92. The summed E-state index contributed by atoms with van der Waals surface area (Å²) in [6, 6.07) is 17.9. The third-order valence-corrected chi connectivity index (χ3v) is 11.0. The molecule has 0 N–H and O–H groups in total. The zero-order valence-electron chi connectivity index (χ0n) is 29.5. The van der Waals surface area contributed by atoms with Crippen molar-refractivity contribution in [1.82, 2.24) is 0 Å². The van der Waals surface area contributed by atoms with Gasteiger partial charge in [-0.3, -0.25) is 0 Å². The van der Waals surface area contributed by atoms with Crippen molar-refractivity contribution in [2.24, 2.45) is 0 Å². The highest BCUT2D eigenvalue weighted by Crippen LogP contribution is 2.48. The average Bonchev–Trinajstić information content (AvgIpc) is 3.27. The minimum atomic E-state index is -0.0680. The van der Waals surface area contributed by atoms with Gasteiger partial charge in [0, 0.05) is 52.2 Å². The molecule has 2 nitrogen and oxygen atoms in total. The molecule has 246 valence electrons. The van der Waals surface area contributed by atoms with Gasteiger partial charge in [-0.15, -0.1) is 0 Å². The molecule has 46 heavy (non-hydrogen) atoms. The molecule has 0 unspecified atom stereocenters. The van der Waals surface area contributed by atoms with Crippen molar-refractivity contribution in [2.75, 3.05) is 22.9 Å². The summed E-state index contributed by atoms with van der Waals surface area (Å²) < 4.78 is 0. The molecule has 1 aliphatic carbocycles. The lowest BCUT2D eigenvalue weighted by molar-refractivity contribution is 0.608. The van der Waals surface area contributed by atoms with Crippen molar-refractivity contribution >= 4 is 23.0 Å². The Morgan fingerprint density at radius 2 is 1.33 bits per heavy atom. The van der Waals surface area contributed by atoms with E-state index in [0.29, 0.717) is 0 Å². The van der Waals surface area contributed by atoms with Gasteiger partial charge in [0.2, 0.25) is 0 Å². The molecule has 0 radical (unpaired) electrons. The highest BCUT2D eigenvalue weighted by molar-refractivity contribution is 6.32. The Labute approximate surface area is 285 Å². The maximum Gasteiger partial charge on any atom is 0.0469 e. The Morgan fingerprint density at radius 1 is 0.696 bits per heavy atom. The van der Waals surface area contributed by atoms with Crippen molar-refractivity contribution in [3.05, 3.63) is 118 Å². The molecule has 3 heteroatoms. The molecule has 2 aromatic carbocycles. The van der Waals surface area contributed by atoms with Crippen LogP contribution in [0.2, 0.25) is 0 Å². The minimum Gasteiger partial charge on any atom is -0.347 e. The Bertz CT molecular complexity index is 1510. The van der Waals surface area contributed by atoms with Gasteiger partial charge in [0.1, 0.15) is 0 Å². The van der Waals surface area contributed by atoms with E-state index >= 15 is 0 Å². The van der Waals surface area contributed by atoms with Gasteiger partial charge in [0.05, 0.1) is 0 Å². The summed E-state index contributed by atoms with van der Waals surface area (Å²) in [6.45, 7) is 16.2. The van der Waals surface area contributed by atoms with Gasteiger partial charge in [-0.2, -0.15) is 0 Å². The highest BCUT2D eigenvalue weighted by atomic mass is 35.5. The summed E-state index contributed by atoms with van der Waals surface area (Å²) in [5.74, 6) is 0. The molecule has 0 fully saturated rings. The van der Waals surface area contributed by atoms with Crippen LogP contribution in [0.25, 0.3) is 0 Å². The summed E-state index contributed by atoms with van der Waals surface area (Å²) in [4.78, 5) is 5.06. The molecule has 0 spiro atoms. The monoisotopic (exact) mass is 636 g/mol. The van der Waals surface area contributed by atoms with E-state index in [-0.39, 0.29) is 10.8 Å². The second-order valence-corrected chi connectivity index (χ2v) is 15.0. The second-order valence-electron chi connectivity index (χ2n) is 14.6. The Balaban J connectivity index is 1.42. The molecule has 5 rings (SSSR count). The minimum absolute atomic E-state index is 0.0380. The van der Waals surface area contributed by atoms with Gasteiger partial charge in [-0.1, -0.05) is 146 Å². The number of unbranched alkanes of at least 4 members (excludes halogenated alkanes) is 6. The number of nitrogens with zero attached hydrogens (tertiary/aromatic N) is 2. The van der Waals surface area contributed by atoms with Crippen LogP contribution in [0, 0.1) is 0 Å². The zero-order valence-corrected chi connectivity index (χ0v) is 30.2. The highest BCUT2D eigenvalue weighted by Gasteiger charge is 2.39. The van der Waals surface area contributed by atoms with E-state index in [0.717, 1.165) is 37.4 Å². The largest absolute Gasteiger partial charge is 0.347 e. The third-order valence-electron chi connectivity index (χ3n) is 10.6. The number of hydrogen-bond donors (Lipinski definition) is 0. The molecule has 0 saturated carbocycles. The molecule has 0 bridgehead atoms. The maximum absolute atomic E-state index is 7.23. The number of benzene rings is 2. The van der Waals surface area contributed by atoms with E-state index < -0.39 is 0 Å². The van der Waals surface area contributed by atoms with Crippen molar-refractivity contribution in [3.63, 3.8) is 0 Å². The van der Waals surface area contributed by atoms with Crippen LogP contribution >= 0.6 is 11.6 Å². The number of hydrogen-bond acceptors (Lipinski definition) is 2. The van der Waals surface area contributed by atoms with Crippen molar-refractivity contribution < 1.29 is 0 Å². The predicted octanol–water partition coefficient (Wildman–Crippen LogP) is 12.7. The number of fused-ring (bicyclic) bond motifs is 2. The Kier molecular flexibility index (Phi) is 11.4. The van der Waals surface area contributed by atoms with Gasteiger partial charge in [-0.05, 0) is 78.2 Å². The Hall–Kier alpha value is -2.97. The van der Waals surface area contributed by atoms with Crippen LogP contribution in [0.1, 0.15) is 123 Å². The van der Waals surface area contributed by atoms with E-state index in [1.165, 1.54) is 96.3 Å². The third kappa shape index (κ3) is 7.28. The summed E-state index contributed by atoms with van der Waals surface area (Å²) in [5.41, 5.74) is 10.7. The lowest BCUT2D eigenvalue weighted by Crippen LogP contribution is -2.32. The number of anilines is 2. The number of rotatable bonds is 13. The smallest absolute Gasteiger partial charge is 0.0469 e. The molecular weight excluding hydrogens is 580 g/mol. The van der Waals surface area contributed by atoms with Crippen LogP contribution in [-0.2, 0) is 10.8 Å². The summed E-state index contributed by atoms with van der Waals surface area (Å²) in [5, 5.41) is 0.938. The molecule has 3 aliphatic rings. The van der Waals surface area contributed by atoms with Crippen LogP contribution in [0.4, 0.5) is 11.4 Å². The fourth-order valence-electron chi connectivity index (χ4n) is 7.61. The molecule has 0 aromatic heterocycles. The average molecular weight is 637 g/mol. The van der Waals surface area contributed by atoms with Crippen molar-refractivity contribution in [1.29, 1.82) is 0 Å². The molecule has 0 amide bonds. The standard InChI is InChI=1S/C43H57ClN2/c1-7-9-11-17-30-45-32-35(42(3,4)36-22-13-15-24-38(36)45)28-26-33-20-19-21-34(41(33)44)27-29-40-43(5,6)37-23-14-16-25-39(37)46(40)31-18-12-10-8-2/h13-16,22-29,32H,7-12,17-21,30-31H2,1-6H3/b28-26+,34-27+,40-29+. The summed E-state index contributed by atoms with van der Waals surface area (Å²) >= 11 is 7.23. The molecule has 2 aliphatic heterocycles. The van der Waals surface area contributed by atoms with Crippen LogP contribution < -0.4 is 9.80 Å². The first-order valence-electron chi connectivity index (χ1n) is 18.1. The van der Waals surface area contributed by atoms with Gasteiger partial charge in [0.15, 0.2) is 0 Å². The number of halogens is 1. The topological polar surface area (TPSA) is 6.48 Å². The predicted molar refractivity (Wildman–Crippen MR) is 202 cm³/mol.